The molecule has 1 aromatic carbocycles. The number of rotatable bonds is 2. The molecule has 0 saturated carbocycles. The van der Waals surface area contributed by atoms with Gasteiger partial charge >= 0.3 is 6.36 Å². The van der Waals surface area contributed by atoms with Gasteiger partial charge in [0.1, 0.15) is 11.5 Å². The normalized spacial score (nSPS) is 11.3. The predicted molar refractivity (Wildman–Crippen MR) is 58.6 cm³/mol. The van der Waals surface area contributed by atoms with Crippen LogP contribution in [0.2, 0.25) is 0 Å². The molecule has 2 aromatic rings. The summed E-state index contributed by atoms with van der Waals surface area (Å²) < 4.78 is 39.9. The van der Waals surface area contributed by atoms with Crippen LogP contribution in [0.5, 0.6) is 5.88 Å². The molecule has 7 heteroatoms. The number of hydrogen-bond donors (Lipinski definition) is 1. The van der Waals surface area contributed by atoms with Crippen LogP contribution < -0.4 is 10.5 Å². The van der Waals surface area contributed by atoms with E-state index >= 15 is 0 Å². The molecule has 4 nitrogen and oxygen atoms in total. The zero-order chi connectivity index (χ0) is 13.2. The summed E-state index contributed by atoms with van der Waals surface area (Å²) in [4.78, 5) is 7.33. The van der Waals surface area contributed by atoms with E-state index in [2.05, 4.69) is 14.7 Å². The fraction of sp³-hybridized carbons (Fsp3) is 0.0909. The van der Waals surface area contributed by atoms with E-state index < -0.39 is 12.2 Å². The monoisotopic (exact) mass is 255 g/mol. The van der Waals surface area contributed by atoms with E-state index in [-0.39, 0.29) is 11.5 Å². The molecule has 0 aliphatic rings. The van der Waals surface area contributed by atoms with E-state index in [1.807, 2.05) is 0 Å². The number of benzene rings is 1. The number of anilines is 1. The Morgan fingerprint density at radius 1 is 1.11 bits per heavy atom. The lowest BCUT2D eigenvalue weighted by atomic mass is 10.1. The van der Waals surface area contributed by atoms with Crippen molar-refractivity contribution >= 4 is 5.82 Å². The molecule has 0 spiro atoms. The van der Waals surface area contributed by atoms with Crippen molar-refractivity contribution in [3.05, 3.63) is 36.5 Å². The van der Waals surface area contributed by atoms with Gasteiger partial charge < -0.3 is 10.5 Å². The number of halogens is 3. The van der Waals surface area contributed by atoms with Crippen LogP contribution >= 0.6 is 0 Å². The Kier molecular flexibility index (Phi) is 3.05. The summed E-state index contributed by atoms with van der Waals surface area (Å²) in [6.45, 7) is 0. The Labute approximate surface area is 100 Å². The summed E-state index contributed by atoms with van der Waals surface area (Å²) in [6.07, 6.45) is -3.98. The minimum absolute atomic E-state index is 0.0377. The Morgan fingerprint density at radius 3 is 2.39 bits per heavy atom. The van der Waals surface area contributed by atoms with Gasteiger partial charge in [0, 0.05) is 5.56 Å². The molecule has 0 saturated heterocycles. The molecule has 0 atom stereocenters. The van der Waals surface area contributed by atoms with Crippen LogP contribution in [0.3, 0.4) is 0 Å². The summed E-state index contributed by atoms with van der Waals surface area (Å²) in [7, 11) is 0. The first-order valence-electron chi connectivity index (χ1n) is 4.89. The van der Waals surface area contributed by atoms with Crippen molar-refractivity contribution in [2.75, 3.05) is 5.73 Å². The van der Waals surface area contributed by atoms with E-state index in [0.29, 0.717) is 5.56 Å². The van der Waals surface area contributed by atoms with Crippen molar-refractivity contribution in [3.8, 4) is 17.1 Å². The molecule has 0 aliphatic carbocycles. The minimum Gasteiger partial charge on any atom is -0.386 e. The van der Waals surface area contributed by atoms with E-state index in [1.54, 1.807) is 30.3 Å². The Morgan fingerprint density at radius 2 is 1.78 bits per heavy atom. The number of nitrogens with two attached hydrogens (primary N) is 1. The van der Waals surface area contributed by atoms with Crippen molar-refractivity contribution in [2.45, 2.75) is 6.36 Å². The van der Waals surface area contributed by atoms with E-state index in [0.717, 1.165) is 6.20 Å². The molecule has 0 radical (unpaired) electrons. The molecule has 18 heavy (non-hydrogen) atoms. The quantitative estimate of drug-likeness (QED) is 0.896. The number of nitrogen functional groups attached to an aromatic ring is 1. The highest BCUT2D eigenvalue weighted by Crippen LogP contribution is 2.26. The third-order valence-corrected chi connectivity index (χ3v) is 2.05. The van der Waals surface area contributed by atoms with Gasteiger partial charge in [0.05, 0.1) is 6.20 Å². The molecule has 2 rings (SSSR count). The molecule has 94 valence electrons. The second-order valence-electron chi connectivity index (χ2n) is 3.36. The van der Waals surface area contributed by atoms with Gasteiger partial charge in [-0.05, 0) is 0 Å². The first kappa shape index (κ1) is 12.2. The largest absolute Gasteiger partial charge is 0.574 e. The zero-order valence-electron chi connectivity index (χ0n) is 8.98. The van der Waals surface area contributed by atoms with Gasteiger partial charge in [-0.1, -0.05) is 30.3 Å². The maximum absolute atomic E-state index is 12.1. The van der Waals surface area contributed by atoms with Gasteiger partial charge in [0.15, 0.2) is 0 Å². The van der Waals surface area contributed by atoms with Crippen LogP contribution in [0.25, 0.3) is 11.3 Å². The Balaban J connectivity index is 2.39. The summed E-state index contributed by atoms with van der Waals surface area (Å²) in [6, 6.07) is 8.53. The first-order valence-corrected chi connectivity index (χ1v) is 4.89. The summed E-state index contributed by atoms with van der Waals surface area (Å²) in [5.41, 5.74) is 6.29. The van der Waals surface area contributed by atoms with Crippen LogP contribution in [0, 0.1) is 0 Å². The number of alkyl halides is 3. The highest BCUT2D eigenvalue weighted by molar-refractivity contribution is 5.69. The molecule has 0 aliphatic heterocycles. The predicted octanol–water partition coefficient (Wildman–Crippen LogP) is 2.62. The lowest BCUT2D eigenvalue weighted by molar-refractivity contribution is -0.276. The van der Waals surface area contributed by atoms with Crippen LogP contribution in [-0.4, -0.2) is 16.3 Å². The molecule has 0 unspecified atom stereocenters. The van der Waals surface area contributed by atoms with Crippen molar-refractivity contribution < 1.29 is 17.9 Å². The molecule has 0 amide bonds. The van der Waals surface area contributed by atoms with Crippen molar-refractivity contribution in [1.29, 1.82) is 0 Å². The van der Waals surface area contributed by atoms with Crippen LogP contribution in [0.4, 0.5) is 19.0 Å². The Bertz CT molecular complexity index is 543. The number of hydrogen-bond acceptors (Lipinski definition) is 4. The molecule has 0 bridgehead atoms. The van der Waals surface area contributed by atoms with Crippen molar-refractivity contribution in [1.82, 2.24) is 9.97 Å². The topological polar surface area (TPSA) is 61.0 Å². The third kappa shape index (κ3) is 2.88. The maximum atomic E-state index is 12.1. The lowest BCUT2D eigenvalue weighted by Gasteiger charge is -2.10. The van der Waals surface area contributed by atoms with Gasteiger partial charge in [-0.15, -0.1) is 13.2 Å². The van der Waals surface area contributed by atoms with Gasteiger partial charge in [-0.2, -0.15) is 0 Å². The summed E-state index contributed by atoms with van der Waals surface area (Å²) in [5.74, 6) is -0.605. The average Bonchev–Trinajstić information content (AvgIpc) is 2.31. The van der Waals surface area contributed by atoms with Gasteiger partial charge in [0.2, 0.25) is 5.88 Å². The molecule has 1 aromatic heterocycles. The minimum atomic E-state index is -4.81. The molecular formula is C11H8F3N3O. The molecule has 1 heterocycles. The average molecular weight is 255 g/mol. The second-order valence-corrected chi connectivity index (χ2v) is 3.36. The van der Waals surface area contributed by atoms with Crippen molar-refractivity contribution in [3.63, 3.8) is 0 Å². The second kappa shape index (κ2) is 4.52. The SMILES string of the molecule is Nc1ncc(OC(F)(F)F)nc1-c1ccccc1. The molecular weight excluding hydrogens is 247 g/mol. The highest BCUT2D eigenvalue weighted by atomic mass is 19.4. The van der Waals surface area contributed by atoms with E-state index in [9.17, 15) is 13.2 Å². The molecule has 2 N–H and O–H groups in total. The highest BCUT2D eigenvalue weighted by Gasteiger charge is 2.32. The third-order valence-electron chi connectivity index (χ3n) is 2.05. The fourth-order valence-corrected chi connectivity index (χ4v) is 1.36. The molecule has 0 fully saturated rings. The maximum Gasteiger partial charge on any atom is 0.574 e. The van der Waals surface area contributed by atoms with E-state index in [4.69, 9.17) is 5.73 Å². The van der Waals surface area contributed by atoms with Crippen LogP contribution in [0.1, 0.15) is 0 Å². The summed E-state index contributed by atoms with van der Waals surface area (Å²) >= 11 is 0. The fourth-order valence-electron chi connectivity index (χ4n) is 1.36. The van der Waals surface area contributed by atoms with E-state index in [1.165, 1.54) is 0 Å². The van der Waals surface area contributed by atoms with Crippen LogP contribution in [-0.2, 0) is 0 Å². The Hall–Kier alpha value is -2.31. The number of aromatic nitrogens is 2. The number of ether oxygens (including phenoxy) is 1. The van der Waals surface area contributed by atoms with Crippen LogP contribution in [0.15, 0.2) is 36.5 Å². The zero-order valence-corrected chi connectivity index (χ0v) is 8.98. The smallest absolute Gasteiger partial charge is 0.386 e. The standard InChI is InChI=1S/C11H8F3N3O/c12-11(13,14)18-8-6-16-10(15)9(17-8)7-4-2-1-3-5-7/h1-6H,(H2,15,16). The van der Waals surface area contributed by atoms with Gasteiger partial charge in [-0.3, -0.25) is 0 Å². The van der Waals surface area contributed by atoms with Gasteiger partial charge in [-0.25, -0.2) is 9.97 Å². The number of nitrogens with zero attached hydrogens (tertiary/aromatic N) is 2. The first-order chi connectivity index (χ1) is 8.46. The van der Waals surface area contributed by atoms with Crippen molar-refractivity contribution in [2.24, 2.45) is 0 Å². The van der Waals surface area contributed by atoms with Gasteiger partial charge in [0.25, 0.3) is 0 Å². The summed E-state index contributed by atoms with van der Waals surface area (Å²) in [5, 5.41) is 0. The lowest BCUT2D eigenvalue weighted by Crippen LogP contribution is -2.18.